The molecule has 0 aliphatic heterocycles. The van der Waals surface area contributed by atoms with Gasteiger partial charge in [-0.1, -0.05) is 6.92 Å². The lowest BCUT2D eigenvalue weighted by Crippen LogP contribution is -2.52. The first-order chi connectivity index (χ1) is 6.88. The zero-order valence-corrected chi connectivity index (χ0v) is 8.30. The average molecular weight is 211 g/mol. The minimum absolute atomic E-state index is 0.0129. The van der Waals surface area contributed by atoms with Crippen LogP contribution in [0.15, 0.2) is 0 Å². The van der Waals surface area contributed by atoms with Crippen molar-refractivity contribution in [2.45, 2.75) is 18.9 Å². The van der Waals surface area contributed by atoms with Crippen molar-refractivity contribution in [1.29, 1.82) is 0 Å². The van der Waals surface area contributed by atoms with Crippen LogP contribution >= 0.6 is 0 Å². The lowest BCUT2D eigenvalue weighted by molar-refractivity contribution is -0.145. The van der Waals surface area contributed by atoms with E-state index in [1.807, 2.05) is 6.92 Å². The van der Waals surface area contributed by atoms with Crippen LogP contribution in [0, 0.1) is 29.1 Å². The summed E-state index contributed by atoms with van der Waals surface area (Å²) in [7, 11) is 0. The fourth-order valence-electron chi connectivity index (χ4n) is 4.52. The van der Waals surface area contributed by atoms with Crippen molar-refractivity contribution in [3.05, 3.63) is 0 Å². The lowest BCUT2D eigenvalue weighted by atomic mass is 9.86. The van der Waals surface area contributed by atoms with Gasteiger partial charge in [0, 0.05) is 5.92 Å². The molecule has 0 aromatic heterocycles. The summed E-state index contributed by atoms with van der Waals surface area (Å²) in [5.74, 6) is -2.29. The Morgan fingerprint density at radius 3 is 2.20 bits per heavy atom. The monoisotopic (exact) mass is 211 g/mol. The van der Waals surface area contributed by atoms with Gasteiger partial charge < -0.3 is 15.9 Å². The molecule has 4 aliphatic carbocycles. The molecule has 0 saturated heterocycles. The number of aliphatic carboxylic acids is 2. The van der Waals surface area contributed by atoms with Crippen molar-refractivity contribution in [2.75, 3.05) is 0 Å². The molecule has 0 aromatic carbocycles. The number of carboxylic acid groups (broad SMARTS) is 2. The summed E-state index contributed by atoms with van der Waals surface area (Å²) >= 11 is 0. The zero-order valence-electron chi connectivity index (χ0n) is 8.30. The summed E-state index contributed by atoms with van der Waals surface area (Å²) in [6.45, 7) is 1.93. The second-order valence-corrected chi connectivity index (χ2v) is 5.26. The van der Waals surface area contributed by atoms with Crippen molar-refractivity contribution in [1.82, 2.24) is 0 Å². The van der Waals surface area contributed by atoms with Gasteiger partial charge in [0.05, 0.1) is 5.41 Å². The second kappa shape index (κ2) is 2.04. The van der Waals surface area contributed by atoms with Gasteiger partial charge in [0.25, 0.3) is 0 Å². The molecule has 0 spiro atoms. The van der Waals surface area contributed by atoms with E-state index in [0.29, 0.717) is 6.42 Å². The molecule has 4 saturated carbocycles. The molecule has 4 aliphatic rings. The molecule has 0 radical (unpaired) electrons. The summed E-state index contributed by atoms with van der Waals surface area (Å²) in [6.07, 6.45) is 0.446. The molecule has 82 valence electrons. The molecule has 6 atom stereocenters. The predicted octanol–water partition coefficient (Wildman–Crippen LogP) is -0.245. The number of hydrogen-bond donors (Lipinski definition) is 3. The van der Waals surface area contributed by atoms with E-state index in [1.54, 1.807) is 0 Å². The molecule has 0 aromatic rings. The Labute approximate surface area is 86.3 Å². The second-order valence-electron chi connectivity index (χ2n) is 5.26. The van der Waals surface area contributed by atoms with E-state index in [0.717, 1.165) is 0 Å². The molecule has 4 rings (SSSR count). The Kier molecular flexibility index (Phi) is 1.25. The Balaban J connectivity index is 2.10. The van der Waals surface area contributed by atoms with E-state index in [-0.39, 0.29) is 23.7 Å². The molecule has 5 nitrogen and oxygen atoms in total. The standard InChI is InChI=1S/C10H13NO4/c1-3-4-2-9(7(12)13)5(3)6(9)10(4,11)8(14)15/h3-6H,2,11H2,1H3,(H,12,13)(H,14,15)/t3?,4?,5?,6?,9?,10-/m0/s1. The van der Waals surface area contributed by atoms with Crippen LogP contribution in [0.2, 0.25) is 0 Å². The molecule has 5 heteroatoms. The van der Waals surface area contributed by atoms with Gasteiger partial charge in [-0.05, 0) is 24.2 Å². The van der Waals surface area contributed by atoms with Crippen LogP contribution in [0.4, 0.5) is 0 Å². The van der Waals surface area contributed by atoms with Crippen LogP contribution in [0.25, 0.3) is 0 Å². The molecule has 0 amide bonds. The topological polar surface area (TPSA) is 101 Å². The van der Waals surface area contributed by atoms with Gasteiger partial charge in [0.2, 0.25) is 0 Å². The zero-order chi connectivity index (χ0) is 11.2. The summed E-state index contributed by atoms with van der Waals surface area (Å²) in [4.78, 5) is 22.4. The Morgan fingerprint density at radius 1 is 1.33 bits per heavy atom. The van der Waals surface area contributed by atoms with Gasteiger partial charge in [-0.3, -0.25) is 9.59 Å². The van der Waals surface area contributed by atoms with Crippen molar-refractivity contribution >= 4 is 11.9 Å². The smallest absolute Gasteiger partial charge is 0.324 e. The number of nitrogens with two attached hydrogens (primary N) is 1. The van der Waals surface area contributed by atoms with Crippen molar-refractivity contribution < 1.29 is 19.8 Å². The third kappa shape index (κ3) is 0.616. The molecule has 15 heavy (non-hydrogen) atoms. The van der Waals surface area contributed by atoms with Crippen molar-refractivity contribution in [3.8, 4) is 0 Å². The first-order valence-corrected chi connectivity index (χ1v) is 5.14. The highest BCUT2D eigenvalue weighted by molar-refractivity contribution is 5.91. The van der Waals surface area contributed by atoms with Gasteiger partial charge in [-0.25, -0.2) is 0 Å². The van der Waals surface area contributed by atoms with Gasteiger partial charge in [0.15, 0.2) is 0 Å². The van der Waals surface area contributed by atoms with Gasteiger partial charge >= 0.3 is 11.9 Å². The third-order valence-electron chi connectivity index (χ3n) is 5.06. The fourth-order valence-corrected chi connectivity index (χ4v) is 4.52. The normalized spacial score (nSPS) is 59.3. The molecule has 5 unspecified atom stereocenters. The quantitative estimate of drug-likeness (QED) is 0.585. The van der Waals surface area contributed by atoms with Crippen LogP contribution in [-0.2, 0) is 9.59 Å². The molecule has 0 heterocycles. The molecular formula is C10H13NO4. The Hall–Kier alpha value is -1.10. The van der Waals surface area contributed by atoms with Crippen molar-refractivity contribution in [2.24, 2.45) is 34.8 Å². The van der Waals surface area contributed by atoms with E-state index in [4.69, 9.17) is 10.8 Å². The fraction of sp³-hybridized carbons (Fsp3) is 0.800. The third-order valence-corrected chi connectivity index (χ3v) is 5.06. The maximum absolute atomic E-state index is 11.2. The van der Waals surface area contributed by atoms with Crippen LogP contribution < -0.4 is 5.73 Å². The van der Waals surface area contributed by atoms with Crippen molar-refractivity contribution in [3.63, 3.8) is 0 Å². The summed E-state index contributed by atoms with van der Waals surface area (Å²) < 4.78 is 0. The van der Waals surface area contributed by atoms with E-state index in [9.17, 15) is 14.7 Å². The SMILES string of the molecule is CC1C2C3C2(C(=O)O)CC1[C@@]3(N)C(=O)O. The highest BCUT2D eigenvalue weighted by atomic mass is 16.4. The van der Waals surface area contributed by atoms with Gasteiger partial charge in [-0.2, -0.15) is 0 Å². The summed E-state index contributed by atoms with van der Waals surface area (Å²) in [5, 5.41) is 18.4. The van der Waals surface area contributed by atoms with Crippen LogP contribution in [-0.4, -0.2) is 27.7 Å². The molecule has 4 fully saturated rings. The number of rotatable bonds is 2. The first-order valence-electron chi connectivity index (χ1n) is 5.14. The first kappa shape index (κ1) is 9.15. The molecule has 4 N–H and O–H groups in total. The predicted molar refractivity (Wildman–Crippen MR) is 48.9 cm³/mol. The van der Waals surface area contributed by atoms with E-state index >= 15 is 0 Å². The number of carbonyl (C=O) groups is 2. The number of hydrogen-bond acceptors (Lipinski definition) is 3. The maximum Gasteiger partial charge on any atom is 0.324 e. The van der Waals surface area contributed by atoms with E-state index in [2.05, 4.69) is 0 Å². The Morgan fingerprint density at radius 2 is 1.93 bits per heavy atom. The number of carboxylic acids is 2. The molecular weight excluding hydrogens is 198 g/mol. The minimum atomic E-state index is -1.29. The van der Waals surface area contributed by atoms with E-state index < -0.39 is 22.9 Å². The van der Waals surface area contributed by atoms with Crippen LogP contribution in [0.3, 0.4) is 0 Å². The largest absolute Gasteiger partial charge is 0.481 e. The highest BCUT2D eigenvalue weighted by Gasteiger charge is 2.91. The summed E-state index contributed by atoms with van der Waals surface area (Å²) in [6, 6.07) is 0. The highest BCUT2D eigenvalue weighted by Crippen LogP contribution is 2.83. The summed E-state index contributed by atoms with van der Waals surface area (Å²) in [5.41, 5.74) is 3.83. The molecule has 4 bridgehead atoms. The maximum atomic E-state index is 11.2. The lowest BCUT2D eigenvalue weighted by Gasteiger charge is -2.24. The van der Waals surface area contributed by atoms with Gasteiger partial charge in [0.1, 0.15) is 5.54 Å². The average Bonchev–Trinajstić information content (AvgIpc) is 2.52. The Bertz CT molecular complexity index is 395. The minimum Gasteiger partial charge on any atom is -0.481 e. The van der Waals surface area contributed by atoms with E-state index in [1.165, 1.54) is 0 Å². The van der Waals surface area contributed by atoms with Crippen LogP contribution in [0.5, 0.6) is 0 Å². The van der Waals surface area contributed by atoms with Gasteiger partial charge in [-0.15, -0.1) is 0 Å². The van der Waals surface area contributed by atoms with Crippen LogP contribution in [0.1, 0.15) is 13.3 Å².